The molecule has 0 aromatic rings. The van der Waals surface area contributed by atoms with Crippen molar-refractivity contribution in [2.45, 2.75) is 19.4 Å². The molecule has 1 fully saturated rings. The fourth-order valence-electron chi connectivity index (χ4n) is 1.94. The molecule has 1 rings (SSSR count). The lowest BCUT2D eigenvalue weighted by atomic mass is 10.2. The van der Waals surface area contributed by atoms with Crippen molar-refractivity contribution in [3.05, 3.63) is 12.7 Å². The molecular weight excluding hydrogens is 242 g/mol. The fourth-order valence-corrected chi connectivity index (χ4v) is 3.71. The summed E-state index contributed by atoms with van der Waals surface area (Å²) in [5.74, 6) is 0.00706. The molecule has 6 heteroatoms. The Morgan fingerprint density at radius 2 is 2.29 bits per heavy atom. The molecular formula is C11H19NO4S. The summed E-state index contributed by atoms with van der Waals surface area (Å²) in [5.41, 5.74) is 0. The molecule has 1 unspecified atom stereocenters. The Kier molecular flexibility index (Phi) is 5.14. The first-order valence-electron chi connectivity index (χ1n) is 5.69. The summed E-state index contributed by atoms with van der Waals surface area (Å²) in [6.45, 7) is 6.33. The van der Waals surface area contributed by atoms with Crippen molar-refractivity contribution in [3.8, 4) is 0 Å². The van der Waals surface area contributed by atoms with Gasteiger partial charge in [-0.05, 0) is 13.3 Å². The van der Waals surface area contributed by atoms with E-state index in [0.29, 0.717) is 19.6 Å². The van der Waals surface area contributed by atoms with E-state index in [1.54, 1.807) is 13.0 Å². The molecule has 0 aromatic heterocycles. The van der Waals surface area contributed by atoms with Gasteiger partial charge in [-0.15, -0.1) is 6.58 Å². The maximum Gasteiger partial charge on any atom is 0.320 e. The molecule has 0 spiro atoms. The summed E-state index contributed by atoms with van der Waals surface area (Å²) in [6.07, 6.45) is 2.25. The van der Waals surface area contributed by atoms with Gasteiger partial charge in [-0.2, -0.15) is 0 Å². The van der Waals surface area contributed by atoms with Crippen LogP contribution in [0.5, 0.6) is 0 Å². The van der Waals surface area contributed by atoms with Gasteiger partial charge in [-0.1, -0.05) is 6.08 Å². The van der Waals surface area contributed by atoms with E-state index in [4.69, 9.17) is 4.74 Å². The van der Waals surface area contributed by atoms with Gasteiger partial charge in [0.1, 0.15) is 0 Å². The van der Waals surface area contributed by atoms with E-state index in [-0.39, 0.29) is 30.1 Å². The molecule has 1 heterocycles. The third kappa shape index (κ3) is 4.47. The van der Waals surface area contributed by atoms with Gasteiger partial charge < -0.3 is 4.74 Å². The van der Waals surface area contributed by atoms with Crippen LogP contribution in [0.1, 0.15) is 13.3 Å². The second kappa shape index (κ2) is 6.16. The minimum atomic E-state index is -2.93. The highest BCUT2D eigenvalue weighted by molar-refractivity contribution is 7.91. The van der Waals surface area contributed by atoms with Gasteiger partial charge in [0, 0.05) is 12.6 Å². The predicted octanol–water partition coefficient (Wildman–Crippen LogP) is 0.225. The summed E-state index contributed by atoms with van der Waals surface area (Å²) in [4.78, 5) is 13.2. The van der Waals surface area contributed by atoms with Crippen molar-refractivity contribution in [1.29, 1.82) is 0 Å². The maximum absolute atomic E-state index is 11.4. The number of hydrogen-bond donors (Lipinski definition) is 0. The molecule has 0 radical (unpaired) electrons. The van der Waals surface area contributed by atoms with Crippen LogP contribution in [-0.2, 0) is 19.4 Å². The Balaban J connectivity index is 2.60. The number of sulfone groups is 1. The van der Waals surface area contributed by atoms with Crippen LogP contribution in [-0.4, -0.2) is 56.5 Å². The van der Waals surface area contributed by atoms with Gasteiger partial charge in [0.05, 0.1) is 24.7 Å². The Hall–Kier alpha value is -0.880. The molecule has 0 saturated carbocycles. The highest BCUT2D eigenvalue weighted by Gasteiger charge is 2.32. The summed E-state index contributed by atoms with van der Waals surface area (Å²) < 4.78 is 27.7. The van der Waals surface area contributed by atoms with Crippen molar-refractivity contribution < 1.29 is 17.9 Å². The molecule has 1 aliphatic rings. The van der Waals surface area contributed by atoms with E-state index < -0.39 is 9.84 Å². The van der Waals surface area contributed by atoms with Crippen LogP contribution in [0.15, 0.2) is 12.7 Å². The molecule has 5 nitrogen and oxygen atoms in total. The van der Waals surface area contributed by atoms with E-state index in [2.05, 4.69) is 6.58 Å². The lowest BCUT2D eigenvalue weighted by Gasteiger charge is -2.25. The molecule has 1 saturated heterocycles. The highest BCUT2D eigenvalue weighted by atomic mass is 32.2. The third-order valence-electron chi connectivity index (χ3n) is 2.73. The molecule has 0 aliphatic carbocycles. The van der Waals surface area contributed by atoms with Gasteiger partial charge in [-0.25, -0.2) is 8.42 Å². The van der Waals surface area contributed by atoms with Crippen molar-refractivity contribution >= 4 is 15.8 Å². The Bertz CT molecular complexity index is 377. The zero-order chi connectivity index (χ0) is 12.9. The number of ether oxygens (including phenoxy) is 1. The molecule has 0 aromatic carbocycles. The molecule has 0 amide bonds. The average molecular weight is 261 g/mol. The van der Waals surface area contributed by atoms with Crippen molar-refractivity contribution in [2.75, 3.05) is 31.2 Å². The van der Waals surface area contributed by atoms with E-state index in [1.807, 2.05) is 4.90 Å². The van der Waals surface area contributed by atoms with Crippen LogP contribution >= 0.6 is 0 Å². The van der Waals surface area contributed by atoms with Crippen LogP contribution < -0.4 is 0 Å². The first-order valence-corrected chi connectivity index (χ1v) is 7.51. The van der Waals surface area contributed by atoms with Gasteiger partial charge in [-0.3, -0.25) is 9.69 Å². The van der Waals surface area contributed by atoms with E-state index in [1.165, 1.54) is 0 Å². The lowest BCUT2D eigenvalue weighted by Crippen LogP contribution is -2.40. The number of esters is 1. The van der Waals surface area contributed by atoms with Gasteiger partial charge in [0.2, 0.25) is 0 Å². The minimum Gasteiger partial charge on any atom is -0.465 e. The quantitative estimate of drug-likeness (QED) is 0.506. The van der Waals surface area contributed by atoms with Crippen molar-refractivity contribution in [2.24, 2.45) is 0 Å². The first-order chi connectivity index (χ1) is 7.98. The van der Waals surface area contributed by atoms with Crippen LogP contribution in [0.25, 0.3) is 0 Å². The van der Waals surface area contributed by atoms with Crippen LogP contribution in [0, 0.1) is 0 Å². The molecule has 17 heavy (non-hydrogen) atoms. The fraction of sp³-hybridized carbons (Fsp3) is 0.727. The molecule has 0 bridgehead atoms. The normalized spacial score (nSPS) is 22.6. The van der Waals surface area contributed by atoms with Gasteiger partial charge >= 0.3 is 5.97 Å². The smallest absolute Gasteiger partial charge is 0.320 e. The number of carbonyl (C=O) groups excluding carboxylic acids is 1. The van der Waals surface area contributed by atoms with E-state index >= 15 is 0 Å². The van der Waals surface area contributed by atoms with E-state index in [9.17, 15) is 13.2 Å². The SMILES string of the molecule is C=CCN(CC(=O)OCC)C1CCS(=O)(=O)C1. The van der Waals surface area contributed by atoms with Crippen molar-refractivity contribution in [1.82, 2.24) is 4.90 Å². The highest BCUT2D eigenvalue weighted by Crippen LogP contribution is 2.17. The second-order valence-corrected chi connectivity index (χ2v) is 6.31. The van der Waals surface area contributed by atoms with Crippen molar-refractivity contribution in [3.63, 3.8) is 0 Å². The lowest BCUT2D eigenvalue weighted by molar-refractivity contribution is -0.144. The number of hydrogen-bond acceptors (Lipinski definition) is 5. The second-order valence-electron chi connectivity index (χ2n) is 4.08. The third-order valence-corrected chi connectivity index (χ3v) is 4.48. The topological polar surface area (TPSA) is 63.7 Å². The molecule has 0 N–H and O–H groups in total. The van der Waals surface area contributed by atoms with Gasteiger partial charge in [0.25, 0.3) is 0 Å². The van der Waals surface area contributed by atoms with Crippen LogP contribution in [0.3, 0.4) is 0 Å². The zero-order valence-corrected chi connectivity index (χ0v) is 10.9. The largest absolute Gasteiger partial charge is 0.465 e. The molecule has 1 aliphatic heterocycles. The van der Waals surface area contributed by atoms with Crippen LogP contribution in [0.2, 0.25) is 0 Å². The summed E-state index contributed by atoms with van der Waals surface area (Å²) in [5, 5.41) is 0. The standard InChI is InChI=1S/C11H19NO4S/c1-3-6-12(8-11(13)16-4-2)10-5-7-17(14,15)9-10/h3,10H,1,4-9H2,2H3. The zero-order valence-electron chi connectivity index (χ0n) is 10.1. The van der Waals surface area contributed by atoms with Crippen LogP contribution in [0.4, 0.5) is 0 Å². The summed E-state index contributed by atoms with van der Waals surface area (Å²) in [7, 11) is -2.93. The average Bonchev–Trinajstić information content (AvgIpc) is 2.58. The van der Waals surface area contributed by atoms with E-state index in [0.717, 1.165) is 0 Å². The first kappa shape index (κ1) is 14.2. The maximum atomic E-state index is 11.4. The molecule has 98 valence electrons. The predicted molar refractivity (Wildman–Crippen MR) is 65.5 cm³/mol. The molecule has 1 atom stereocenters. The number of nitrogens with zero attached hydrogens (tertiary/aromatic N) is 1. The Labute approximate surface area is 102 Å². The summed E-state index contributed by atoms with van der Waals surface area (Å²) in [6, 6.07) is -0.0950. The number of carbonyl (C=O) groups is 1. The monoisotopic (exact) mass is 261 g/mol. The minimum absolute atomic E-state index is 0.0950. The number of rotatable bonds is 6. The summed E-state index contributed by atoms with van der Waals surface area (Å²) >= 11 is 0. The Morgan fingerprint density at radius 1 is 1.59 bits per heavy atom. The van der Waals surface area contributed by atoms with Gasteiger partial charge in [0.15, 0.2) is 9.84 Å². The Morgan fingerprint density at radius 3 is 2.76 bits per heavy atom.